The lowest BCUT2D eigenvalue weighted by molar-refractivity contribution is 0.391. The van der Waals surface area contributed by atoms with Crippen LogP contribution in [0.5, 0.6) is 11.5 Å². The van der Waals surface area contributed by atoms with Crippen molar-refractivity contribution in [2.24, 2.45) is 0 Å². The molecule has 0 saturated heterocycles. The molecule has 4 rings (SSSR count). The number of fused-ring (bicyclic) bond motifs is 1. The minimum atomic E-state index is 0.379. The summed E-state index contributed by atoms with van der Waals surface area (Å²) >= 11 is 6.22. The third-order valence-corrected chi connectivity index (χ3v) is 4.70. The molecule has 4 aromatic rings. The maximum absolute atomic E-state index is 6.22. The lowest BCUT2D eigenvalue weighted by atomic mass is 10.2. The third-order valence-electron chi connectivity index (χ3n) is 4.51. The van der Waals surface area contributed by atoms with Gasteiger partial charge < -0.3 is 14.8 Å². The summed E-state index contributed by atoms with van der Waals surface area (Å²) < 4.78 is 12.6. The molecule has 0 aliphatic rings. The predicted molar refractivity (Wildman–Crippen MR) is 113 cm³/mol. The van der Waals surface area contributed by atoms with Gasteiger partial charge >= 0.3 is 0 Å². The smallest absolute Gasteiger partial charge is 0.139 e. The largest absolute Gasteiger partial charge is 0.497 e. The van der Waals surface area contributed by atoms with E-state index >= 15 is 0 Å². The van der Waals surface area contributed by atoms with Crippen molar-refractivity contribution in [3.05, 3.63) is 71.3 Å². The number of benzene rings is 1. The van der Waals surface area contributed by atoms with Gasteiger partial charge in [-0.05, 0) is 24.3 Å². The number of anilines is 1. The molecule has 0 bridgehead atoms. The molecule has 0 aliphatic heterocycles. The minimum Gasteiger partial charge on any atom is -0.497 e. The second kappa shape index (κ2) is 8.36. The van der Waals surface area contributed by atoms with Gasteiger partial charge in [0.15, 0.2) is 0 Å². The van der Waals surface area contributed by atoms with E-state index in [1.54, 1.807) is 26.5 Å². The number of hydrogen-bond donors (Lipinski definition) is 1. The van der Waals surface area contributed by atoms with E-state index in [-0.39, 0.29) is 0 Å². The summed E-state index contributed by atoms with van der Waals surface area (Å²) in [5.74, 6) is 2.14. The van der Waals surface area contributed by atoms with Gasteiger partial charge in [0.05, 0.1) is 37.4 Å². The van der Waals surface area contributed by atoms with E-state index in [0.717, 1.165) is 33.7 Å². The summed E-state index contributed by atoms with van der Waals surface area (Å²) in [6.45, 7) is 1.08. The number of hydrogen-bond acceptors (Lipinski definition) is 6. The summed E-state index contributed by atoms with van der Waals surface area (Å²) in [7, 11) is 3.26. The van der Waals surface area contributed by atoms with Crippen LogP contribution in [0.3, 0.4) is 0 Å². The summed E-state index contributed by atoms with van der Waals surface area (Å²) in [6, 6.07) is 13.3. The topological polar surface area (TPSA) is 74.1 Å². The summed E-state index contributed by atoms with van der Waals surface area (Å²) in [5.41, 5.74) is 2.67. The van der Waals surface area contributed by atoms with Crippen LogP contribution in [0.15, 0.2) is 54.9 Å². The number of nitrogens with one attached hydrogen (secondary N) is 1. The molecule has 0 atom stereocenters. The molecule has 29 heavy (non-hydrogen) atoms. The fraction of sp³-hybridized carbons (Fsp3) is 0.190. The Morgan fingerprint density at radius 1 is 1.10 bits per heavy atom. The lowest BCUT2D eigenvalue weighted by Crippen LogP contribution is -2.04. The highest BCUT2D eigenvalue weighted by Gasteiger charge is 2.12. The first-order valence-electron chi connectivity index (χ1n) is 9.04. The highest BCUT2D eigenvalue weighted by Crippen LogP contribution is 2.28. The summed E-state index contributed by atoms with van der Waals surface area (Å²) in [4.78, 5) is 8.80. The average Bonchev–Trinajstić information content (AvgIpc) is 3.14. The second-order valence-electron chi connectivity index (χ2n) is 6.41. The fourth-order valence-corrected chi connectivity index (χ4v) is 3.28. The molecule has 3 heterocycles. The van der Waals surface area contributed by atoms with Crippen molar-refractivity contribution < 1.29 is 9.47 Å². The van der Waals surface area contributed by atoms with E-state index in [2.05, 4.69) is 20.4 Å². The quantitative estimate of drug-likeness (QED) is 0.462. The van der Waals surface area contributed by atoms with Crippen LogP contribution < -0.4 is 14.8 Å². The molecule has 0 fully saturated rings. The molecule has 148 valence electrons. The number of aromatic nitrogens is 4. The molecule has 0 unspecified atom stereocenters. The highest BCUT2D eigenvalue weighted by atomic mass is 35.5. The van der Waals surface area contributed by atoms with Gasteiger partial charge in [-0.25, -0.2) is 4.98 Å². The van der Waals surface area contributed by atoms with Crippen molar-refractivity contribution in [2.75, 3.05) is 19.5 Å². The Bertz CT molecular complexity index is 1130. The second-order valence-corrected chi connectivity index (χ2v) is 6.79. The van der Waals surface area contributed by atoms with Gasteiger partial charge in [-0.1, -0.05) is 17.7 Å². The average molecular weight is 410 g/mol. The molecule has 0 saturated carbocycles. The van der Waals surface area contributed by atoms with Crippen LogP contribution in [0.1, 0.15) is 11.3 Å². The van der Waals surface area contributed by atoms with Crippen molar-refractivity contribution in [2.45, 2.75) is 13.1 Å². The Labute approximate surface area is 173 Å². The molecule has 1 N–H and O–H groups in total. The van der Waals surface area contributed by atoms with E-state index in [4.69, 9.17) is 21.1 Å². The first-order chi connectivity index (χ1) is 14.2. The molecule has 7 nitrogen and oxygen atoms in total. The first kappa shape index (κ1) is 19.0. The Hall–Kier alpha value is -3.32. The standard InChI is InChI=1S/C21H20ClN5O2/c1-28-16-7-6-14(19(9-16)29-2)11-24-21-17-13-27(12-15-5-3-4-8-23-15)26-18(17)10-20(22)25-21/h3-10,13H,11-12H2,1-2H3,(H,24,25). The molecule has 0 aliphatic carbocycles. The number of nitrogens with zero attached hydrogens (tertiary/aromatic N) is 4. The molecule has 1 aromatic carbocycles. The fourth-order valence-electron chi connectivity index (χ4n) is 3.09. The van der Waals surface area contributed by atoms with Crippen LogP contribution in [0.4, 0.5) is 5.82 Å². The molecule has 8 heteroatoms. The van der Waals surface area contributed by atoms with E-state index in [0.29, 0.717) is 24.1 Å². The van der Waals surface area contributed by atoms with Gasteiger partial charge in [-0.15, -0.1) is 0 Å². The monoisotopic (exact) mass is 409 g/mol. The molecule has 0 amide bonds. The van der Waals surface area contributed by atoms with Gasteiger partial charge in [0.1, 0.15) is 22.5 Å². The van der Waals surface area contributed by atoms with Crippen LogP contribution in [-0.4, -0.2) is 34.0 Å². The Balaban J connectivity index is 1.60. The summed E-state index contributed by atoms with van der Waals surface area (Å²) in [5, 5.41) is 9.23. The van der Waals surface area contributed by atoms with Gasteiger partial charge in [0, 0.05) is 36.6 Å². The van der Waals surface area contributed by atoms with E-state index < -0.39 is 0 Å². The van der Waals surface area contributed by atoms with Crippen molar-refractivity contribution in [3.63, 3.8) is 0 Å². The van der Waals surface area contributed by atoms with Crippen molar-refractivity contribution >= 4 is 28.3 Å². The number of methoxy groups -OCH3 is 2. The highest BCUT2D eigenvalue weighted by molar-refractivity contribution is 6.30. The Morgan fingerprint density at radius 2 is 2.00 bits per heavy atom. The van der Waals surface area contributed by atoms with Crippen LogP contribution in [0, 0.1) is 0 Å². The molecule has 3 aromatic heterocycles. The number of pyridine rings is 2. The van der Waals surface area contributed by atoms with Crippen molar-refractivity contribution in [3.8, 4) is 11.5 Å². The maximum Gasteiger partial charge on any atom is 0.139 e. The zero-order chi connectivity index (χ0) is 20.2. The Kier molecular flexibility index (Phi) is 5.48. The van der Waals surface area contributed by atoms with Gasteiger partial charge in [-0.3, -0.25) is 9.67 Å². The van der Waals surface area contributed by atoms with Gasteiger partial charge in [0.2, 0.25) is 0 Å². The number of rotatable bonds is 7. The van der Waals surface area contributed by atoms with Gasteiger partial charge in [0.25, 0.3) is 0 Å². The SMILES string of the molecule is COc1ccc(CNc2nc(Cl)cc3nn(Cc4ccccn4)cc23)c(OC)c1. The van der Waals surface area contributed by atoms with Crippen LogP contribution >= 0.6 is 11.6 Å². The molecular weight excluding hydrogens is 390 g/mol. The van der Waals surface area contributed by atoms with E-state index in [1.807, 2.05) is 47.3 Å². The summed E-state index contributed by atoms with van der Waals surface area (Å²) in [6.07, 6.45) is 3.72. The number of ether oxygens (including phenoxy) is 2. The lowest BCUT2D eigenvalue weighted by Gasteiger charge is -2.12. The normalized spacial score (nSPS) is 10.9. The predicted octanol–water partition coefficient (Wildman–Crippen LogP) is 4.16. The van der Waals surface area contributed by atoms with Crippen LogP contribution in [0.2, 0.25) is 5.15 Å². The molecule has 0 spiro atoms. The van der Waals surface area contributed by atoms with E-state index in [9.17, 15) is 0 Å². The minimum absolute atomic E-state index is 0.379. The van der Waals surface area contributed by atoms with Crippen LogP contribution in [0.25, 0.3) is 10.9 Å². The Morgan fingerprint density at radius 3 is 2.76 bits per heavy atom. The molecular formula is C21H20ClN5O2. The zero-order valence-electron chi connectivity index (χ0n) is 16.1. The number of halogens is 1. The van der Waals surface area contributed by atoms with E-state index in [1.165, 1.54) is 0 Å². The third kappa shape index (κ3) is 4.25. The van der Waals surface area contributed by atoms with Gasteiger partial charge in [-0.2, -0.15) is 5.10 Å². The maximum atomic E-state index is 6.22. The van der Waals surface area contributed by atoms with Crippen molar-refractivity contribution in [1.82, 2.24) is 19.7 Å². The first-order valence-corrected chi connectivity index (χ1v) is 9.42. The van der Waals surface area contributed by atoms with Crippen LogP contribution in [-0.2, 0) is 13.1 Å². The zero-order valence-corrected chi connectivity index (χ0v) is 16.8. The molecule has 0 radical (unpaired) electrons. The van der Waals surface area contributed by atoms with Crippen molar-refractivity contribution in [1.29, 1.82) is 0 Å².